The average Bonchev–Trinajstić information content (AvgIpc) is 2.73. The number of aromatic nitrogens is 2. The van der Waals surface area contributed by atoms with Crippen LogP contribution in [0.3, 0.4) is 0 Å². The molecule has 2 N–H and O–H groups in total. The summed E-state index contributed by atoms with van der Waals surface area (Å²) >= 11 is 5.12. The second-order valence-corrected chi connectivity index (χ2v) is 9.28. The van der Waals surface area contributed by atoms with Crippen LogP contribution in [0.1, 0.15) is 23.0 Å². The van der Waals surface area contributed by atoms with Crippen LogP contribution in [-0.4, -0.2) is 45.4 Å². The van der Waals surface area contributed by atoms with Crippen LogP contribution >= 0.6 is 30.7 Å². The number of rotatable bonds is 6. The summed E-state index contributed by atoms with van der Waals surface area (Å²) in [5, 5.41) is 13.6. The Kier molecular flexibility index (Phi) is 7.07. The number of nitrogens with one attached hydrogen (secondary N) is 1. The first-order chi connectivity index (χ1) is 14.7. The van der Waals surface area contributed by atoms with Crippen molar-refractivity contribution in [1.29, 1.82) is 0 Å². The fourth-order valence-electron chi connectivity index (χ4n) is 2.91. The van der Waals surface area contributed by atoms with Gasteiger partial charge in [-0.2, -0.15) is 5.10 Å². The van der Waals surface area contributed by atoms with E-state index in [9.17, 15) is 14.8 Å². The van der Waals surface area contributed by atoms with Crippen LogP contribution in [0.15, 0.2) is 47.3 Å². The summed E-state index contributed by atoms with van der Waals surface area (Å²) in [5.41, 5.74) is 1.99. The molecule has 2 unspecified atom stereocenters. The topological polar surface area (TPSA) is 103 Å². The predicted molar refractivity (Wildman–Crippen MR) is 128 cm³/mol. The Hall–Kier alpha value is -2.38. The second kappa shape index (κ2) is 9.41. The minimum absolute atomic E-state index is 0.0702. The highest BCUT2D eigenvalue weighted by molar-refractivity contribution is 7.80. The van der Waals surface area contributed by atoms with Crippen LogP contribution in [0.2, 0.25) is 0 Å². The Morgan fingerprint density at radius 2 is 1.97 bits per heavy atom. The number of hydrogen-bond acceptors (Lipinski definition) is 7. The first-order valence-corrected chi connectivity index (χ1v) is 10.6. The van der Waals surface area contributed by atoms with Crippen molar-refractivity contribution in [3.63, 3.8) is 0 Å². The summed E-state index contributed by atoms with van der Waals surface area (Å²) in [6.45, 7) is 1.70. The number of thiocarbonyl (C=S) groups is 1. The van der Waals surface area contributed by atoms with E-state index in [2.05, 4.69) is 23.6 Å². The fourth-order valence-corrected chi connectivity index (χ4v) is 3.35. The van der Waals surface area contributed by atoms with E-state index in [0.717, 1.165) is 0 Å². The Morgan fingerprint density at radius 1 is 1.29 bits per heavy atom. The maximum absolute atomic E-state index is 13.1. The van der Waals surface area contributed by atoms with Gasteiger partial charge in [0.15, 0.2) is 0 Å². The molecule has 8 nitrogen and oxygen atoms in total. The number of carbonyl (C=O) groups excluding carboxylic acids is 1. The molecule has 0 saturated carbocycles. The summed E-state index contributed by atoms with van der Waals surface area (Å²) in [4.78, 5) is 24.4. The first-order valence-electron chi connectivity index (χ1n) is 9.00. The molecule has 0 spiro atoms. The zero-order chi connectivity index (χ0) is 22.8. The lowest BCUT2D eigenvalue weighted by molar-refractivity contribution is 0.0516. The fraction of sp³-hybridized carbons (Fsp3) is 0.158. The third-order valence-corrected chi connectivity index (χ3v) is 4.65. The van der Waals surface area contributed by atoms with Gasteiger partial charge in [-0.25, -0.2) is 9.48 Å². The zero-order valence-electron chi connectivity index (χ0n) is 16.4. The highest BCUT2D eigenvalue weighted by atomic mass is 32.1. The smallest absolute Gasteiger partial charge is 0.362 e. The van der Waals surface area contributed by atoms with Gasteiger partial charge < -0.3 is 9.47 Å². The maximum atomic E-state index is 13.1. The van der Waals surface area contributed by atoms with Crippen molar-refractivity contribution in [3.05, 3.63) is 63.9 Å². The largest absolute Gasteiger partial charge is 0.490 e. The van der Waals surface area contributed by atoms with Gasteiger partial charge in [0.2, 0.25) is 11.1 Å². The quantitative estimate of drug-likeness (QED) is 0.185. The van der Waals surface area contributed by atoms with Crippen LogP contribution in [0.5, 0.6) is 5.75 Å². The van der Waals surface area contributed by atoms with Crippen molar-refractivity contribution in [1.82, 2.24) is 15.3 Å². The molecular formula is C19H18BN3O5P2S. The number of hydrogen-bond donors (Lipinski definition) is 2. The monoisotopic (exact) mass is 473 g/mol. The lowest BCUT2D eigenvalue weighted by Gasteiger charge is -2.22. The second-order valence-electron chi connectivity index (χ2n) is 6.40. The van der Waals surface area contributed by atoms with E-state index in [-0.39, 0.29) is 22.5 Å². The standard InChI is InChI=1S/C19H18BN3O5P2S/c1-2-27-18(25)15-16(24)14-12(17(31)22-26)4-3-5-13(14)23(21-15)10-6-8-11(9-7-10)28-19(20,29)30/h3-9,26H,2,29-30H2,1H3,(H,22,31). The molecule has 0 aliphatic rings. The number of hydroxylamine groups is 1. The maximum Gasteiger partial charge on any atom is 0.362 e. The highest BCUT2D eigenvalue weighted by Gasteiger charge is 2.22. The molecule has 2 atom stereocenters. The Bertz CT molecular complexity index is 1210. The number of ether oxygens (including phenoxy) is 2. The lowest BCUT2D eigenvalue weighted by atomic mass is 10.1. The Morgan fingerprint density at radius 3 is 2.55 bits per heavy atom. The number of carbonyl (C=O) groups is 1. The van der Waals surface area contributed by atoms with Crippen LogP contribution < -0.4 is 15.6 Å². The van der Waals surface area contributed by atoms with Crippen molar-refractivity contribution in [3.8, 4) is 11.4 Å². The van der Waals surface area contributed by atoms with Gasteiger partial charge in [-0.1, -0.05) is 42.8 Å². The highest BCUT2D eigenvalue weighted by Crippen LogP contribution is 2.28. The summed E-state index contributed by atoms with van der Waals surface area (Å²) in [6.07, 6.45) is 0. The first kappa shape index (κ1) is 23.3. The lowest BCUT2D eigenvalue weighted by Crippen LogP contribution is -2.27. The summed E-state index contributed by atoms with van der Waals surface area (Å²) in [5.74, 6) is -0.363. The van der Waals surface area contributed by atoms with Gasteiger partial charge in [0, 0.05) is 5.56 Å². The molecular weight excluding hydrogens is 455 g/mol. The molecule has 31 heavy (non-hydrogen) atoms. The van der Waals surface area contributed by atoms with E-state index < -0.39 is 22.1 Å². The van der Waals surface area contributed by atoms with E-state index in [0.29, 0.717) is 17.0 Å². The summed E-state index contributed by atoms with van der Waals surface area (Å²) in [6, 6.07) is 11.6. The van der Waals surface area contributed by atoms with Gasteiger partial charge in [-0.05, 0) is 37.3 Å². The van der Waals surface area contributed by atoms with Crippen LogP contribution in [0, 0.1) is 0 Å². The Labute approximate surface area is 189 Å². The SMILES string of the molecule is [B]C(P)(P)Oc1ccc(-n2nc(C(=O)OCC)c(=O)c3c(C(=S)NO)cccc32)cc1. The van der Waals surface area contributed by atoms with Gasteiger partial charge in [0.05, 0.1) is 28.2 Å². The molecule has 2 radical (unpaired) electrons. The van der Waals surface area contributed by atoms with Crippen LogP contribution in [0.25, 0.3) is 16.6 Å². The van der Waals surface area contributed by atoms with E-state index in [1.165, 1.54) is 4.68 Å². The summed E-state index contributed by atoms with van der Waals surface area (Å²) in [7, 11) is 10.5. The third-order valence-electron chi connectivity index (χ3n) is 4.10. The molecule has 0 amide bonds. The molecule has 0 aliphatic carbocycles. The van der Waals surface area contributed by atoms with Gasteiger partial charge in [0.25, 0.3) is 0 Å². The zero-order valence-corrected chi connectivity index (χ0v) is 19.5. The average molecular weight is 473 g/mol. The van der Waals surface area contributed by atoms with Gasteiger partial charge in [-0.15, -0.1) is 0 Å². The normalized spacial score (nSPS) is 11.2. The minimum Gasteiger partial charge on any atom is -0.490 e. The summed E-state index contributed by atoms with van der Waals surface area (Å²) < 4.78 is 12.0. The molecule has 158 valence electrons. The third kappa shape index (κ3) is 5.10. The minimum atomic E-state index is -1.03. The van der Waals surface area contributed by atoms with E-state index in [1.807, 2.05) is 5.48 Å². The molecule has 0 saturated heterocycles. The molecule has 3 rings (SSSR count). The van der Waals surface area contributed by atoms with Crippen molar-refractivity contribution in [2.75, 3.05) is 6.61 Å². The Balaban J connectivity index is 2.28. The molecule has 0 fully saturated rings. The molecule has 3 aromatic rings. The van der Waals surface area contributed by atoms with Gasteiger partial charge in [-0.3, -0.25) is 15.5 Å². The number of nitrogens with zero attached hydrogens (tertiary/aromatic N) is 2. The molecule has 0 aliphatic heterocycles. The molecule has 0 bridgehead atoms. The molecule has 12 heteroatoms. The van der Waals surface area contributed by atoms with Gasteiger partial charge in [0.1, 0.15) is 18.6 Å². The number of esters is 1. The molecule has 1 heterocycles. The molecule has 2 aromatic carbocycles. The van der Waals surface area contributed by atoms with Crippen LogP contribution in [-0.2, 0) is 4.74 Å². The van der Waals surface area contributed by atoms with Crippen molar-refractivity contribution >= 4 is 60.4 Å². The molecule has 1 aromatic heterocycles. The van der Waals surface area contributed by atoms with Crippen molar-refractivity contribution in [2.45, 2.75) is 11.9 Å². The van der Waals surface area contributed by atoms with Gasteiger partial charge >= 0.3 is 5.97 Å². The van der Waals surface area contributed by atoms with E-state index in [1.54, 1.807) is 49.4 Å². The van der Waals surface area contributed by atoms with E-state index >= 15 is 0 Å². The van der Waals surface area contributed by atoms with Crippen molar-refractivity contribution in [2.24, 2.45) is 0 Å². The predicted octanol–water partition coefficient (Wildman–Crippen LogP) is 2.13. The number of fused-ring (bicyclic) bond motifs is 1. The van der Waals surface area contributed by atoms with E-state index in [4.69, 9.17) is 29.5 Å². The van der Waals surface area contributed by atoms with Crippen molar-refractivity contribution < 1.29 is 19.5 Å². The van der Waals surface area contributed by atoms with Crippen LogP contribution in [0.4, 0.5) is 0 Å². The number of benzene rings is 2.